The van der Waals surface area contributed by atoms with Gasteiger partial charge in [-0.3, -0.25) is 4.79 Å². The molecule has 0 bridgehead atoms. The van der Waals surface area contributed by atoms with Crippen LogP contribution in [0.2, 0.25) is 0 Å². The van der Waals surface area contributed by atoms with Gasteiger partial charge in [0.15, 0.2) is 0 Å². The van der Waals surface area contributed by atoms with Gasteiger partial charge in [-0.1, -0.05) is 0 Å². The zero-order valence-corrected chi connectivity index (χ0v) is 6.28. The molecule has 0 aliphatic carbocycles. The topological polar surface area (TPSA) is 17.1 Å². The molecule has 0 saturated heterocycles. The van der Waals surface area contributed by atoms with Crippen molar-refractivity contribution in [1.29, 1.82) is 0 Å². The van der Waals surface area contributed by atoms with E-state index in [0.29, 0.717) is 0 Å². The van der Waals surface area contributed by atoms with E-state index < -0.39 is 12.5 Å². The standard InChI is InChI=1S/C2HF3O.Ta/c3-2(4,5)1-6;/h1H;. The summed E-state index contributed by atoms with van der Waals surface area (Å²) in [5.74, 6) is 0. The third kappa shape index (κ3) is 10.7. The van der Waals surface area contributed by atoms with Crippen molar-refractivity contribution in [3.8, 4) is 0 Å². The van der Waals surface area contributed by atoms with E-state index in [9.17, 15) is 13.2 Å². The first-order valence-electron chi connectivity index (χ1n) is 1.09. The minimum atomic E-state index is -4.64. The minimum absolute atomic E-state index is 0. The average molecular weight is 279 g/mol. The van der Waals surface area contributed by atoms with Crippen molar-refractivity contribution < 1.29 is 40.3 Å². The Kier molecular flexibility index (Phi) is 4.73. The van der Waals surface area contributed by atoms with E-state index >= 15 is 0 Å². The number of carbonyl (C=O) groups excluding carboxylic acids is 1. The van der Waals surface area contributed by atoms with Gasteiger partial charge in [-0.2, -0.15) is 13.2 Å². The monoisotopic (exact) mass is 279 g/mol. The number of rotatable bonds is 0. The Labute approximate surface area is 53.4 Å². The summed E-state index contributed by atoms with van der Waals surface area (Å²) in [6.45, 7) is 0. The van der Waals surface area contributed by atoms with E-state index in [-0.39, 0.29) is 22.4 Å². The largest absolute Gasteiger partial charge is 0.446 e. The molecule has 0 atom stereocenters. The molecular formula is C2HF3OTa. The molecule has 0 unspecified atom stereocenters. The molecule has 0 aromatic rings. The molecule has 0 N–H and O–H groups in total. The number of carbonyl (C=O) groups is 1. The number of aldehydes is 1. The molecule has 41 valence electrons. The predicted octanol–water partition coefficient (Wildman–Crippen LogP) is 0.745. The molecule has 1 nitrogen and oxygen atoms in total. The molecule has 0 amide bonds. The molecule has 0 heterocycles. The number of alkyl halides is 3. The van der Waals surface area contributed by atoms with Crippen LogP contribution in [0.3, 0.4) is 0 Å². The van der Waals surface area contributed by atoms with Crippen molar-refractivity contribution in [2.24, 2.45) is 0 Å². The molecule has 0 fully saturated rings. The predicted molar refractivity (Wildman–Crippen MR) is 12.1 cm³/mol. The Morgan fingerprint density at radius 3 is 1.43 bits per heavy atom. The maximum atomic E-state index is 10.4. The first-order valence-corrected chi connectivity index (χ1v) is 1.09. The van der Waals surface area contributed by atoms with Crippen LogP contribution in [0.15, 0.2) is 0 Å². The quantitative estimate of drug-likeness (QED) is 0.598. The zero-order valence-electron chi connectivity index (χ0n) is 3.07. The first-order chi connectivity index (χ1) is 2.56. The third-order valence-corrected chi connectivity index (χ3v) is 0.134. The maximum Gasteiger partial charge on any atom is 0.446 e. The Bertz CT molecular complexity index is 58.4. The van der Waals surface area contributed by atoms with Gasteiger partial charge in [0.2, 0.25) is 6.29 Å². The minimum Gasteiger partial charge on any atom is -0.293 e. The first kappa shape index (κ1) is 10.2. The second-order valence-corrected chi connectivity index (χ2v) is 0.659. The summed E-state index contributed by atoms with van der Waals surface area (Å²) < 4.78 is 31.2. The van der Waals surface area contributed by atoms with Crippen LogP contribution in [0.25, 0.3) is 0 Å². The van der Waals surface area contributed by atoms with Crippen molar-refractivity contribution in [1.82, 2.24) is 0 Å². The fraction of sp³-hybridized carbons (Fsp3) is 0.500. The molecule has 0 aromatic heterocycles. The third-order valence-electron chi connectivity index (χ3n) is 0.134. The normalized spacial score (nSPS) is 9.57. The molecule has 0 aliphatic rings. The molecule has 7 heavy (non-hydrogen) atoms. The Hall–Kier alpha value is 0.200. The van der Waals surface area contributed by atoms with Crippen LogP contribution in [-0.4, -0.2) is 12.5 Å². The van der Waals surface area contributed by atoms with Crippen LogP contribution in [0.1, 0.15) is 0 Å². The van der Waals surface area contributed by atoms with E-state index in [2.05, 4.69) is 0 Å². The van der Waals surface area contributed by atoms with Crippen molar-refractivity contribution in [3.63, 3.8) is 0 Å². The van der Waals surface area contributed by atoms with Gasteiger partial charge in [0, 0.05) is 22.4 Å². The van der Waals surface area contributed by atoms with Gasteiger partial charge < -0.3 is 0 Å². The molecular weight excluding hydrogens is 278 g/mol. The van der Waals surface area contributed by atoms with Crippen molar-refractivity contribution in [2.45, 2.75) is 6.18 Å². The van der Waals surface area contributed by atoms with E-state index in [1.54, 1.807) is 0 Å². The van der Waals surface area contributed by atoms with Crippen LogP contribution in [0.4, 0.5) is 13.2 Å². The van der Waals surface area contributed by atoms with Gasteiger partial charge in [0.25, 0.3) is 0 Å². The maximum absolute atomic E-state index is 10.4. The number of hydrogen-bond acceptors (Lipinski definition) is 1. The van der Waals surface area contributed by atoms with E-state index in [1.807, 2.05) is 0 Å². The summed E-state index contributed by atoms with van der Waals surface area (Å²) in [6, 6.07) is 0. The number of halogens is 3. The summed E-state index contributed by atoms with van der Waals surface area (Å²) >= 11 is 0. The van der Waals surface area contributed by atoms with Gasteiger partial charge in [-0.05, 0) is 0 Å². The van der Waals surface area contributed by atoms with Gasteiger partial charge in [-0.15, -0.1) is 0 Å². The molecule has 5 heteroatoms. The zero-order chi connectivity index (χ0) is 5.21. The summed E-state index contributed by atoms with van der Waals surface area (Å²) in [5.41, 5.74) is 0. The summed E-state index contributed by atoms with van der Waals surface area (Å²) in [7, 11) is 0. The SMILES string of the molecule is O=CC(F)(F)F.[Ta]. The van der Waals surface area contributed by atoms with E-state index in [1.165, 1.54) is 0 Å². The molecule has 0 rings (SSSR count). The van der Waals surface area contributed by atoms with Crippen molar-refractivity contribution in [3.05, 3.63) is 0 Å². The second-order valence-electron chi connectivity index (χ2n) is 0.659. The van der Waals surface area contributed by atoms with Crippen LogP contribution in [-0.2, 0) is 27.2 Å². The molecule has 0 saturated carbocycles. The Morgan fingerprint density at radius 1 is 1.29 bits per heavy atom. The van der Waals surface area contributed by atoms with Crippen LogP contribution in [0.5, 0.6) is 0 Å². The molecule has 0 spiro atoms. The van der Waals surface area contributed by atoms with Crippen LogP contribution >= 0.6 is 0 Å². The Balaban J connectivity index is 0. The average Bonchev–Trinajstić information content (AvgIpc) is 1.35. The van der Waals surface area contributed by atoms with Gasteiger partial charge >= 0.3 is 6.18 Å². The molecule has 0 aliphatic heterocycles. The van der Waals surface area contributed by atoms with Crippen molar-refractivity contribution >= 4 is 6.29 Å². The summed E-state index contributed by atoms with van der Waals surface area (Å²) in [5, 5.41) is 0. The van der Waals surface area contributed by atoms with Crippen LogP contribution in [0, 0.1) is 0 Å². The molecule has 0 aromatic carbocycles. The van der Waals surface area contributed by atoms with Crippen molar-refractivity contribution in [2.75, 3.05) is 0 Å². The van der Waals surface area contributed by atoms with Crippen LogP contribution < -0.4 is 0 Å². The summed E-state index contributed by atoms with van der Waals surface area (Å²) in [4.78, 5) is 8.70. The van der Waals surface area contributed by atoms with Gasteiger partial charge in [0.1, 0.15) is 0 Å². The second kappa shape index (κ2) is 3.23. The summed E-state index contributed by atoms with van der Waals surface area (Å²) in [6.07, 6.45) is -5.70. The smallest absolute Gasteiger partial charge is 0.293 e. The van der Waals surface area contributed by atoms with E-state index in [4.69, 9.17) is 4.79 Å². The fourth-order valence-corrected chi connectivity index (χ4v) is 0. The van der Waals surface area contributed by atoms with E-state index in [0.717, 1.165) is 0 Å². The number of hydrogen-bond donors (Lipinski definition) is 0. The fourth-order valence-electron chi connectivity index (χ4n) is 0. The Morgan fingerprint density at radius 2 is 1.43 bits per heavy atom. The molecule has 1 radical (unpaired) electrons. The van der Waals surface area contributed by atoms with Gasteiger partial charge in [0.05, 0.1) is 0 Å². The van der Waals surface area contributed by atoms with Gasteiger partial charge in [-0.25, -0.2) is 0 Å².